The van der Waals surface area contributed by atoms with Gasteiger partial charge in [-0.3, -0.25) is 4.79 Å². The van der Waals surface area contributed by atoms with Crippen molar-refractivity contribution in [1.29, 1.82) is 0 Å². The molecule has 1 aliphatic heterocycles. The lowest BCUT2D eigenvalue weighted by atomic mass is 9.96. The Morgan fingerprint density at radius 1 is 1.35 bits per heavy atom. The van der Waals surface area contributed by atoms with Crippen LogP contribution >= 0.6 is 0 Å². The van der Waals surface area contributed by atoms with E-state index in [9.17, 15) is 4.79 Å². The highest BCUT2D eigenvalue weighted by Crippen LogP contribution is 2.18. The van der Waals surface area contributed by atoms with E-state index in [1.54, 1.807) is 6.92 Å². The van der Waals surface area contributed by atoms with Crippen LogP contribution in [-0.4, -0.2) is 54.5 Å². The van der Waals surface area contributed by atoms with E-state index in [2.05, 4.69) is 25.8 Å². The average molecular weight is 241 g/mol. The standard InChI is InChI=1S/C13H27N3O/c1-10(2)16(13(17)11(3)14)9-12-5-7-15(4)8-6-12/h10-12H,5-9,14H2,1-4H3. The van der Waals surface area contributed by atoms with Crippen LogP contribution in [0.25, 0.3) is 0 Å². The topological polar surface area (TPSA) is 49.6 Å². The van der Waals surface area contributed by atoms with Crippen molar-refractivity contribution < 1.29 is 4.79 Å². The monoisotopic (exact) mass is 241 g/mol. The van der Waals surface area contributed by atoms with Crippen molar-refractivity contribution in [2.75, 3.05) is 26.7 Å². The molecule has 1 rings (SSSR count). The number of nitrogens with zero attached hydrogens (tertiary/aromatic N) is 2. The van der Waals surface area contributed by atoms with E-state index in [1.165, 1.54) is 12.8 Å². The van der Waals surface area contributed by atoms with Crippen LogP contribution in [0.5, 0.6) is 0 Å². The van der Waals surface area contributed by atoms with Crippen LogP contribution in [0.1, 0.15) is 33.6 Å². The van der Waals surface area contributed by atoms with Crippen LogP contribution in [0.2, 0.25) is 0 Å². The van der Waals surface area contributed by atoms with Crippen molar-refractivity contribution in [3.05, 3.63) is 0 Å². The molecule has 0 aromatic rings. The van der Waals surface area contributed by atoms with Crippen LogP contribution in [0.4, 0.5) is 0 Å². The SMILES string of the molecule is CC(N)C(=O)N(CC1CCN(C)CC1)C(C)C. The van der Waals surface area contributed by atoms with Crippen molar-refractivity contribution >= 4 is 5.91 Å². The summed E-state index contributed by atoms with van der Waals surface area (Å²) in [5.41, 5.74) is 5.70. The van der Waals surface area contributed by atoms with Crippen LogP contribution in [-0.2, 0) is 4.79 Å². The van der Waals surface area contributed by atoms with E-state index in [1.807, 2.05) is 4.90 Å². The number of amides is 1. The molecule has 1 heterocycles. The van der Waals surface area contributed by atoms with Gasteiger partial charge in [0, 0.05) is 12.6 Å². The summed E-state index contributed by atoms with van der Waals surface area (Å²) in [6.07, 6.45) is 2.37. The fourth-order valence-electron chi connectivity index (χ4n) is 2.34. The van der Waals surface area contributed by atoms with Gasteiger partial charge in [0.05, 0.1) is 6.04 Å². The molecule has 17 heavy (non-hydrogen) atoms. The lowest BCUT2D eigenvalue weighted by Gasteiger charge is -2.35. The van der Waals surface area contributed by atoms with Gasteiger partial charge in [0.25, 0.3) is 0 Å². The van der Waals surface area contributed by atoms with Crippen molar-refractivity contribution in [2.45, 2.75) is 45.7 Å². The Morgan fingerprint density at radius 2 is 1.88 bits per heavy atom. The molecular weight excluding hydrogens is 214 g/mol. The minimum absolute atomic E-state index is 0.0823. The lowest BCUT2D eigenvalue weighted by molar-refractivity contribution is -0.134. The number of likely N-dealkylation sites (tertiary alicyclic amines) is 1. The maximum absolute atomic E-state index is 12.0. The van der Waals surface area contributed by atoms with Gasteiger partial charge in [-0.1, -0.05) is 0 Å². The second-order valence-corrected chi connectivity index (χ2v) is 5.62. The Labute approximate surface area is 105 Å². The first kappa shape index (κ1) is 14.5. The zero-order valence-corrected chi connectivity index (χ0v) is 11.6. The molecule has 1 fully saturated rings. The van der Waals surface area contributed by atoms with Crippen molar-refractivity contribution in [3.8, 4) is 0 Å². The molecule has 2 N–H and O–H groups in total. The first-order valence-corrected chi connectivity index (χ1v) is 6.66. The van der Waals surface area contributed by atoms with Crippen molar-refractivity contribution in [3.63, 3.8) is 0 Å². The average Bonchev–Trinajstić information content (AvgIpc) is 2.26. The predicted octanol–water partition coefficient (Wildman–Crippen LogP) is 0.912. The molecule has 4 nitrogen and oxygen atoms in total. The molecule has 1 aliphatic rings. The van der Waals surface area contributed by atoms with Crippen LogP contribution in [0.3, 0.4) is 0 Å². The summed E-state index contributed by atoms with van der Waals surface area (Å²) >= 11 is 0. The van der Waals surface area contributed by atoms with E-state index in [0.29, 0.717) is 5.92 Å². The largest absolute Gasteiger partial charge is 0.339 e. The second-order valence-electron chi connectivity index (χ2n) is 5.62. The summed E-state index contributed by atoms with van der Waals surface area (Å²) in [6.45, 7) is 9.05. The number of carbonyl (C=O) groups excluding carboxylic acids is 1. The molecule has 0 aliphatic carbocycles. The number of nitrogens with two attached hydrogens (primary N) is 1. The highest BCUT2D eigenvalue weighted by Gasteiger charge is 2.25. The summed E-state index contributed by atoms with van der Waals surface area (Å²) in [6, 6.07) is -0.142. The molecule has 0 aromatic carbocycles. The van der Waals surface area contributed by atoms with E-state index < -0.39 is 0 Å². The first-order valence-electron chi connectivity index (χ1n) is 6.66. The van der Waals surface area contributed by atoms with Crippen molar-refractivity contribution in [2.24, 2.45) is 11.7 Å². The molecule has 1 saturated heterocycles. The molecule has 100 valence electrons. The Kier molecular flexibility index (Phi) is 5.40. The third-order valence-corrected chi connectivity index (χ3v) is 3.59. The maximum Gasteiger partial charge on any atom is 0.239 e. The highest BCUT2D eigenvalue weighted by molar-refractivity contribution is 5.81. The van der Waals surface area contributed by atoms with Crippen LogP contribution in [0.15, 0.2) is 0 Å². The Morgan fingerprint density at radius 3 is 2.29 bits per heavy atom. The summed E-state index contributed by atoms with van der Waals surface area (Å²) < 4.78 is 0. The zero-order chi connectivity index (χ0) is 13.0. The Bertz CT molecular complexity index is 245. The molecular formula is C13H27N3O. The molecule has 0 radical (unpaired) electrons. The number of piperidine rings is 1. The fourth-order valence-corrected chi connectivity index (χ4v) is 2.34. The Hall–Kier alpha value is -0.610. The van der Waals surface area contributed by atoms with Crippen LogP contribution < -0.4 is 5.73 Å². The number of hydrogen-bond donors (Lipinski definition) is 1. The van der Waals surface area contributed by atoms with Gasteiger partial charge >= 0.3 is 0 Å². The first-order chi connectivity index (χ1) is 7.91. The molecule has 1 atom stereocenters. The third-order valence-electron chi connectivity index (χ3n) is 3.59. The van der Waals surface area contributed by atoms with E-state index in [4.69, 9.17) is 5.73 Å². The summed E-state index contributed by atoms with van der Waals surface area (Å²) in [5, 5.41) is 0. The lowest BCUT2D eigenvalue weighted by Crippen LogP contribution is -2.48. The second kappa shape index (κ2) is 6.36. The Balaban J connectivity index is 2.52. The summed E-state index contributed by atoms with van der Waals surface area (Å²) in [4.78, 5) is 16.3. The van der Waals surface area contributed by atoms with Gasteiger partial charge in [0.2, 0.25) is 5.91 Å². The number of hydrogen-bond acceptors (Lipinski definition) is 3. The van der Waals surface area contributed by atoms with Gasteiger partial charge in [0.1, 0.15) is 0 Å². The molecule has 4 heteroatoms. The van der Waals surface area contributed by atoms with Crippen LogP contribution in [0, 0.1) is 5.92 Å². The normalized spacial score (nSPS) is 20.6. The highest BCUT2D eigenvalue weighted by atomic mass is 16.2. The minimum Gasteiger partial charge on any atom is -0.339 e. The molecule has 1 amide bonds. The molecule has 0 bridgehead atoms. The van der Waals surface area contributed by atoms with Crippen molar-refractivity contribution in [1.82, 2.24) is 9.80 Å². The number of rotatable bonds is 4. The predicted molar refractivity (Wildman–Crippen MR) is 70.7 cm³/mol. The van der Waals surface area contributed by atoms with Gasteiger partial charge in [-0.2, -0.15) is 0 Å². The van der Waals surface area contributed by atoms with E-state index in [-0.39, 0.29) is 18.0 Å². The van der Waals surface area contributed by atoms with Gasteiger partial charge in [-0.15, -0.1) is 0 Å². The molecule has 0 saturated carbocycles. The quantitative estimate of drug-likeness (QED) is 0.796. The maximum atomic E-state index is 12.0. The zero-order valence-electron chi connectivity index (χ0n) is 11.6. The smallest absolute Gasteiger partial charge is 0.239 e. The van der Waals surface area contributed by atoms with E-state index in [0.717, 1.165) is 19.6 Å². The molecule has 1 unspecified atom stereocenters. The summed E-state index contributed by atoms with van der Waals surface area (Å²) in [5.74, 6) is 0.718. The molecule has 0 spiro atoms. The summed E-state index contributed by atoms with van der Waals surface area (Å²) in [7, 11) is 2.16. The fraction of sp³-hybridized carbons (Fsp3) is 0.923. The van der Waals surface area contributed by atoms with Gasteiger partial charge in [0.15, 0.2) is 0 Å². The van der Waals surface area contributed by atoms with Gasteiger partial charge in [-0.05, 0) is 59.7 Å². The minimum atomic E-state index is -0.385. The van der Waals surface area contributed by atoms with E-state index >= 15 is 0 Å². The van der Waals surface area contributed by atoms with Gasteiger partial charge in [-0.25, -0.2) is 0 Å². The molecule has 0 aromatic heterocycles. The van der Waals surface area contributed by atoms with Gasteiger partial charge < -0.3 is 15.5 Å². The third kappa shape index (κ3) is 4.28. The number of carbonyl (C=O) groups is 1.